The van der Waals surface area contributed by atoms with Gasteiger partial charge in [-0.05, 0) is 36.8 Å². The van der Waals surface area contributed by atoms with Crippen molar-refractivity contribution in [2.45, 2.75) is 26.2 Å². The molecule has 0 aliphatic heterocycles. The summed E-state index contributed by atoms with van der Waals surface area (Å²) in [5.74, 6) is 0.503. The van der Waals surface area contributed by atoms with E-state index in [1.165, 1.54) is 23.0 Å². The van der Waals surface area contributed by atoms with Gasteiger partial charge in [0.1, 0.15) is 11.9 Å². The van der Waals surface area contributed by atoms with Gasteiger partial charge in [0.05, 0.1) is 22.0 Å². The quantitative estimate of drug-likeness (QED) is 0.268. The Balaban J connectivity index is 2.06. The molecular weight excluding hydrogens is 466 g/mol. The molecule has 0 amide bonds. The third-order valence-corrected chi connectivity index (χ3v) is 4.92. The third-order valence-electron chi connectivity index (χ3n) is 4.42. The molecule has 0 N–H and O–H groups in total. The van der Waals surface area contributed by atoms with Crippen molar-refractivity contribution >= 4 is 38.7 Å². The second-order valence-electron chi connectivity index (χ2n) is 6.59. The lowest BCUT2D eigenvalue weighted by Gasteiger charge is -2.09. The summed E-state index contributed by atoms with van der Waals surface area (Å²) in [5.41, 5.74) is 0.370. The molecule has 0 atom stereocenters. The van der Waals surface area contributed by atoms with Crippen molar-refractivity contribution in [3.05, 3.63) is 72.7 Å². The van der Waals surface area contributed by atoms with Gasteiger partial charge in [-0.25, -0.2) is 4.98 Å². The van der Waals surface area contributed by atoms with E-state index in [0.29, 0.717) is 28.7 Å². The topological polar surface area (TPSA) is 123 Å². The molecule has 0 aliphatic rings. The second-order valence-corrected chi connectivity index (χ2v) is 7.50. The number of nitriles is 1. The summed E-state index contributed by atoms with van der Waals surface area (Å²) in [5, 5.41) is 24.7. The highest BCUT2D eigenvalue weighted by atomic mass is 79.9. The number of rotatable bonds is 8. The van der Waals surface area contributed by atoms with Crippen LogP contribution < -0.4 is 10.3 Å². The first-order valence-electron chi connectivity index (χ1n) is 9.48. The Labute approximate surface area is 185 Å². The lowest BCUT2D eigenvalue weighted by Crippen LogP contribution is -2.22. The number of nitro benzene ring substituents is 1. The summed E-state index contributed by atoms with van der Waals surface area (Å²) in [4.78, 5) is 28.4. The van der Waals surface area contributed by atoms with E-state index in [2.05, 4.69) is 26.0 Å². The average molecular weight is 484 g/mol. The number of hydrogen-bond donors (Lipinski definition) is 0. The predicted octanol–water partition coefficient (Wildman–Crippen LogP) is 4.19. The summed E-state index contributed by atoms with van der Waals surface area (Å²) in [6.45, 7) is 1.74. The van der Waals surface area contributed by atoms with Gasteiger partial charge >= 0.3 is 5.69 Å². The van der Waals surface area contributed by atoms with Crippen LogP contribution in [-0.2, 0) is 6.42 Å². The Morgan fingerprint density at radius 2 is 2.16 bits per heavy atom. The van der Waals surface area contributed by atoms with Crippen LogP contribution >= 0.6 is 15.9 Å². The van der Waals surface area contributed by atoms with Gasteiger partial charge in [-0.3, -0.25) is 14.9 Å². The van der Waals surface area contributed by atoms with Crippen molar-refractivity contribution in [3.63, 3.8) is 0 Å². The maximum absolute atomic E-state index is 13.1. The standard InChI is InChI=1S/C21H18BrN5O4/c1-2-3-4-20-25-17-7-6-15(22)12-16(17)21(28)26(20)24-13-14-5-8-19(31-10-9-23)18(11-14)27(29)30/h5-8,11-13H,2-4,10H2,1H3. The Hall–Kier alpha value is -3.58. The number of nitro groups is 1. The highest BCUT2D eigenvalue weighted by Crippen LogP contribution is 2.27. The molecule has 2 aromatic carbocycles. The smallest absolute Gasteiger partial charge is 0.311 e. The fourth-order valence-electron chi connectivity index (χ4n) is 2.92. The van der Waals surface area contributed by atoms with Crippen molar-refractivity contribution in [2.24, 2.45) is 5.10 Å². The minimum atomic E-state index is -0.599. The minimum absolute atomic E-state index is 0.0123. The van der Waals surface area contributed by atoms with Crippen LogP contribution in [-0.4, -0.2) is 27.4 Å². The number of ether oxygens (including phenoxy) is 1. The zero-order valence-electron chi connectivity index (χ0n) is 16.6. The van der Waals surface area contributed by atoms with E-state index >= 15 is 0 Å². The molecule has 158 valence electrons. The molecule has 0 radical (unpaired) electrons. The molecular formula is C21H18BrN5O4. The number of aromatic nitrogens is 2. The van der Waals surface area contributed by atoms with Crippen LogP contribution in [0.3, 0.4) is 0 Å². The van der Waals surface area contributed by atoms with Gasteiger partial charge in [-0.2, -0.15) is 15.0 Å². The number of halogens is 1. The molecule has 0 saturated carbocycles. The van der Waals surface area contributed by atoms with Gasteiger partial charge in [0.2, 0.25) is 0 Å². The SMILES string of the molecule is CCCCc1nc2ccc(Br)cc2c(=O)n1N=Cc1ccc(OCC#N)c([N+](=O)[O-])c1. The van der Waals surface area contributed by atoms with Crippen LogP contribution in [0.4, 0.5) is 5.69 Å². The van der Waals surface area contributed by atoms with E-state index < -0.39 is 4.92 Å². The molecule has 0 spiro atoms. The van der Waals surface area contributed by atoms with Crippen molar-refractivity contribution in [1.82, 2.24) is 9.66 Å². The summed E-state index contributed by atoms with van der Waals surface area (Å²) in [7, 11) is 0. The number of unbranched alkanes of at least 4 members (excludes halogenated alkanes) is 1. The molecule has 1 heterocycles. The maximum atomic E-state index is 13.1. The Kier molecular flexibility index (Phi) is 7.10. The third kappa shape index (κ3) is 5.13. The first-order chi connectivity index (χ1) is 14.9. The number of hydrogen-bond acceptors (Lipinski definition) is 7. The van der Waals surface area contributed by atoms with Gasteiger partial charge in [-0.15, -0.1) is 0 Å². The number of fused-ring (bicyclic) bond motifs is 1. The van der Waals surface area contributed by atoms with E-state index in [-0.39, 0.29) is 23.6 Å². The van der Waals surface area contributed by atoms with Gasteiger partial charge in [-0.1, -0.05) is 29.3 Å². The Morgan fingerprint density at radius 1 is 1.35 bits per heavy atom. The molecule has 0 unspecified atom stereocenters. The number of aryl methyl sites for hydroxylation is 1. The minimum Gasteiger partial charge on any atom is -0.472 e. The van der Waals surface area contributed by atoms with E-state index in [0.717, 1.165) is 17.3 Å². The largest absolute Gasteiger partial charge is 0.472 e. The van der Waals surface area contributed by atoms with Gasteiger partial charge in [0, 0.05) is 22.5 Å². The molecule has 0 bridgehead atoms. The van der Waals surface area contributed by atoms with E-state index in [4.69, 9.17) is 10.00 Å². The Morgan fingerprint density at radius 3 is 2.87 bits per heavy atom. The Bertz CT molecular complexity index is 1260. The van der Waals surface area contributed by atoms with Gasteiger partial charge in [0.15, 0.2) is 12.4 Å². The molecule has 0 aliphatic carbocycles. The summed E-state index contributed by atoms with van der Waals surface area (Å²) in [6, 6.07) is 11.3. The van der Waals surface area contributed by atoms with Gasteiger partial charge < -0.3 is 4.74 Å². The summed E-state index contributed by atoms with van der Waals surface area (Å²) >= 11 is 3.36. The van der Waals surface area contributed by atoms with Crippen LogP contribution in [0.5, 0.6) is 5.75 Å². The molecule has 1 aromatic heterocycles. The highest BCUT2D eigenvalue weighted by molar-refractivity contribution is 9.10. The molecule has 9 nitrogen and oxygen atoms in total. The van der Waals surface area contributed by atoms with Crippen molar-refractivity contribution in [3.8, 4) is 11.8 Å². The normalized spacial score (nSPS) is 11.0. The van der Waals surface area contributed by atoms with Crippen LogP contribution in [0, 0.1) is 21.4 Å². The fourth-order valence-corrected chi connectivity index (χ4v) is 3.29. The van der Waals surface area contributed by atoms with E-state index in [1.54, 1.807) is 24.3 Å². The van der Waals surface area contributed by atoms with Crippen molar-refractivity contribution < 1.29 is 9.66 Å². The molecule has 31 heavy (non-hydrogen) atoms. The van der Waals surface area contributed by atoms with E-state index in [1.807, 2.05) is 13.0 Å². The summed E-state index contributed by atoms with van der Waals surface area (Å²) < 4.78 is 7.07. The predicted molar refractivity (Wildman–Crippen MR) is 120 cm³/mol. The van der Waals surface area contributed by atoms with Crippen molar-refractivity contribution in [2.75, 3.05) is 6.61 Å². The number of benzene rings is 2. The highest BCUT2D eigenvalue weighted by Gasteiger charge is 2.16. The maximum Gasteiger partial charge on any atom is 0.311 e. The number of nitrogens with zero attached hydrogens (tertiary/aromatic N) is 5. The fraction of sp³-hybridized carbons (Fsp3) is 0.238. The van der Waals surface area contributed by atoms with Crippen molar-refractivity contribution in [1.29, 1.82) is 5.26 Å². The lowest BCUT2D eigenvalue weighted by atomic mass is 10.2. The van der Waals surface area contributed by atoms with Gasteiger partial charge in [0.25, 0.3) is 5.56 Å². The van der Waals surface area contributed by atoms with Crippen LogP contribution in [0.1, 0.15) is 31.2 Å². The average Bonchev–Trinajstić information content (AvgIpc) is 2.76. The summed E-state index contributed by atoms with van der Waals surface area (Å²) in [6.07, 6.45) is 3.69. The molecule has 0 fully saturated rings. The molecule has 3 rings (SSSR count). The zero-order valence-corrected chi connectivity index (χ0v) is 18.2. The molecule has 10 heteroatoms. The van der Waals surface area contributed by atoms with Crippen LogP contribution in [0.15, 0.2) is 50.8 Å². The second kappa shape index (κ2) is 9.95. The lowest BCUT2D eigenvalue weighted by molar-refractivity contribution is -0.385. The van der Waals surface area contributed by atoms with Crippen LogP contribution in [0.2, 0.25) is 0 Å². The molecule has 0 saturated heterocycles. The van der Waals surface area contributed by atoms with E-state index in [9.17, 15) is 14.9 Å². The first kappa shape index (κ1) is 22.1. The monoisotopic (exact) mass is 483 g/mol. The van der Waals surface area contributed by atoms with Crippen LogP contribution in [0.25, 0.3) is 10.9 Å². The first-order valence-corrected chi connectivity index (χ1v) is 10.3. The zero-order chi connectivity index (χ0) is 22.4. The molecule has 3 aromatic rings.